The lowest BCUT2D eigenvalue weighted by Gasteiger charge is -2.20. The van der Waals surface area contributed by atoms with Gasteiger partial charge < -0.3 is 25.9 Å². The number of halogens is 1. The van der Waals surface area contributed by atoms with Gasteiger partial charge in [0.1, 0.15) is 23.4 Å². The van der Waals surface area contributed by atoms with Crippen LogP contribution in [-0.4, -0.2) is 26.1 Å². The Balaban J connectivity index is 1.81. The molecule has 30 heavy (non-hydrogen) atoms. The molecule has 1 atom stereocenters. The van der Waals surface area contributed by atoms with Gasteiger partial charge in [-0.2, -0.15) is 0 Å². The average Bonchev–Trinajstić information content (AvgIpc) is 2.79. The van der Waals surface area contributed by atoms with E-state index in [9.17, 15) is 4.39 Å². The molecule has 0 spiro atoms. The number of methoxy groups -OCH3 is 1. The third-order valence-corrected chi connectivity index (χ3v) is 5.35. The zero-order chi connectivity index (χ0) is 21.5. The van der Waals surface area contributed by atoms with E-state index in [1.807, 2.05) is 36.6 Å². The molecule has 3 aromatic rings. The summed E-state index contributed by atoms with van der Waals surface area (Å²) in [6, 6.07) is 17.4. The first-order chi connectivity index (χ1) is 14.6. The van der Waals surface area contributed by atoms with Crippen molar-refractivity contribution in [2.75, 3.05) is 25.2 Å². The van der Waals surface area contributed by atoms with Gasteiger partial charge in [0.25, 0.3) is 0 Å². The van der Waals surface area contributed by atoms with E-state index >= 15 is 0 Å². The first-order valence-corrected chi connectivity index (χ1v) is 10.6. The molecule has 156 valence electrons. The van der Waals surface area contributed by atoms with E-state index in [4.69, 9.17) is 20.6 Å². The van der Waals surface area contributed by atoms with E-state index < -0.39 is 0 Å². The molecule has 0 amide bonds. The number of hydrogen-bond acceptors (Lipinski definition) is 6. The van der Waals surface area contributed by atoms with Gasteiger partial charge in [-0.3, -0.25) is 0 Å². The first kappa shape index (κ1) is 21.7. The van der Waals surface area contributed by atoms with Crippen LogP contribution >= 0.6 is 11.8 Å². The minimum atomic E-state index is -0.357. The molecule has 3 rings (SSSR count). The number of nitrogens with two attached hydrogens (primary N) is 1. The van der Waals surface area contributed by atoms with Crippen molar-refractivity contribution in [3.05, 3.63) is 77.6 Å². The predicted octanol–water partition coefficient (Wildman–Crippen LogP) is 5.38. The molecule has 0 saturated heterocycles. The second-order valence-electron chi connectivity index (χ2n) is 6.48. The highest BCUT2D eigenvalue weighted by Gasteiger charge is 2.15. The number of rotatable bonds is 9. The van der Waals surface area contributed by atoms with Crippen molar-refractivity contribution in [2.45, 2.75) is 11.0 Å². The Kier molecular flexibility index (Phi) is 7.32. The van der Waals surface area contributed by atoms with Gasteiger partial charge in [0, 0.05) is 34.6 Å². The Labute approximate surface area is 179 Å². The van der Waals surface area contributed by atoms with Crippen LogP contribution in [0.25, 0.3) is 0 Å². The molecule has 5 nitrogen and oxygen atoms in total. The van der Waals surface area contributed by atoms with Gasteiger partial charge in [0.15, 0.2) is 0 Å². The van der Waals surface area contributed by atoms with Gasteiger partial charge in [-0.25, -0.2) is 4.39 Å². The van der Waals surface area contributed by atoms with E-state index in [1.54, 1.807) is 37.1 Å². The van der Waals surface area contributed by atoms with E-state index in [0.29, 0.717) is 11.3 Å². The van der Waals surface area contributed by atoms with Crippen molar-refractivity contribution in [2.24, 2.45) is 5.73 Å². The van der Waals surface area contributed by atoms with Gasteiger partial charge >= 0.3 is 0 Å². The molecule has 0 unspecified atom stereocenters. The fraction of sp³-hybridized carbons (Fsp3) is 0.174. The lowest BCUT2D eigenvalue weighted by Crippen LogP contribution is -2.18. The molecule has 3 aromatic carbocycles. The second kappa shape index (κ2) is 10.1. The third kappa shape index (κ3) is 5.11. The molecule has 0 bridgehead atoms. The van der Waals surface area contributed by atoms with Crippen molar-refractivity contribution >= 4 is 29.4 Å². The predicted molar refractivity (Wildman–Crippen MR) is 121 cm³/mol. The number of anilines is 2. The van der Waals surface area contributed by atoms with Crippen LogP contribution in [0.1, 0.15) is 17.2 Å². The molecule has 0 aliphatic heterocycles. The lowest BCUT2D eigenvalue weighted by molar-refractivity contribution is 0.213. The number of nitrogens with one attached hydrogen (secondary N) is 2. The normalized spacial score (nSPS) is 11.6. The quantitative estimate of drug-likeness (QED) is 0.317. The molecule has 0 heterocycles. The van der Waals surface area contributed by atoms with Gasteiger partial charge in [-0.05, 0) is 66.4 Å². The molecule has 0 aromatic heterocycles. The van der Waals surface area contributed by atoms with Gasteiger partial charge in [0.2, 0.25) is 0 Å². The average molecular weight is 426 g/mol. The van der Waals surface area contributed by atoms with Crippen LogP contribution in [0.2, 0.25) is 0 Å². The number of hydrogen-bond donors (Lipinski definition) is 3. The van der Waals surface area contributed by atoms with Crippen LogP contribution in [0.15, 0.2) is 65.6 Å². The summed E-state index contributed by atoms with van der Waals surface area (Å²) in [5.74, 6) is 1.08. The Morgan fingerprint density at radius 2 is 1.90 bits per heavy atom. The Morgan fingerprint density at radius 1 is 1.13 bits per heavy atom. The van der Waals surface area contributed by atoms with Gasteiger partial charge in [-0.1, -0.05) is 6.07 Å². The summed E-state index contributed by atoms with van der Waals surface area (Å²) in [5.41, 5.74) is 8.98. The lowest BCUT2D eigenvalue weighted by atomic mass is 10.1. The van der Waals surface area contributed by atoms with Gasteiger partial charge in [-0.15, -0.1) is 11.8 Å². The molecule has 0 aliphatic carbocycles. The summed E-state index contributed by atoms with van der Waals surface area (Å²) >= 11 is 1.61. The largest absolute Gasteiger partial charge is 0.496 e. The summed E-state index contributed by atoms with van der Waals surface area (Å²) in [7, 11) is 1.64. The highest BCUT2D eigenvalue weighted by Crippen LogP contribution is 2.32. The Hall–Kier alpha value is -3.03. The van der Waals surface area contributed by atoms with E-state index in [2.05, 4.69) is 5.32 Å². The van der Waals surface area contributed by atoms with E-state index in [0.717, 1.165) is 27.6 Å². The van der Waals surface area contributed by atoms with Crippen molar-refractivity contribution in [1.29, 1.82) is 5.41 Å². The topological polar surface area (TPSA) is 80.4 Å². The molecule has 0 radical (unpaired) electrons. The van der Waals surface area contributed by atoms with Crippen LogP contribution in [0, 0.1) is 11.2 Å². The third-order valence-electron chi connectivity index (χ3n) is 4.57. The van der Waals surface area contributed by atoms with Crippen LogP contribution < -0.4 is 20.5 Å². The Morgan fingerprint density at radius 3 is 2.53 bits per heavy atom. The van der Waals surface area contributed by atoms with Crippen LogP contribution in [0.5, 0.6) is 11.5 Å². The maximum Gasteiger partial charge on any atom is 0.136 e. The minimum Gasteiger partial charge on any atom is -0.496 e. The molecule has 7 heteroatoms. The van der Waals surface area contributed by atoms with Crippen LogP contribution in [0.4, 0.5) is 15.8 Å². The van der Waals surface area contributed by atoms with Crippen molar-refractivity contribution in [3.63, 3.8) is 0 Å². The molecule has 0 aliphatic rings. The van der Waals surface area contributed by atoms with E-state index in [-0.39, 0.29) is 18.5 Å². The summed E-state index contributed by atoms with van der Waals surface area (Å²) in [5, 5.41) is 10.9. The Bertz CT molecular complexity index is 1010. The van der Waals surface area contributed by atoms with Crippen LogP contribution in [-0.2, 0) is 0 Å². The summed E-state index contributed by atoms with van der Waals surface area (Å²) in [4.78, 5) is 1.04. The summed E-state index contributed by atoms with van der Waals surface area (Å²) in [6.45, 7) is 0.289. The smallest absolute Gasteiger partial charge is 0.136 e. The zero-order valence-corrected chi connectivity index (χ0v) is 17.6. The fourth-order valence-electron chi connectivity index (χ4n) is 3.01. The van der Waals surface area contributed by atoms with Gasteiger partial charge in [0.05, 0.1) is 7.11 Å². The minimum absolute atomic E-state index is 0.289. The number of benzene rings is 3. The maximum absolute atomic E-state index is 13.1. The molecule has 4 N–H and O–H groups in total. The van der Waals surface area contributed by atoms with E-state index in [1.165, 1.54) is 18.3 Å². The zero-order valence-electron chi connectivity index (χ0n) is 16.8. The molecular formula is C23H24FN3O2S. The molecule has 0 fully saturated rings. The standard InChI is InChI=1S/C23H24FN3O2S/c1-28-21-12-15(3-10-23(21)30-2)22(14-26)29-19-8-9-20(16(11-19)13-25)27-18-6-4-17(24)5-7-18/h3-13,22,25,27H,14,26H2,1-2H3/t22-/m0/s1. The van der Waals surface area contributed by atoms with Crippen molar-refractivity contribution in [3.8, 4) is 11.5 Å². The highest BCUT2D eigenvalue weighted by atomic mass is 32.2. The molecule has 0 saturated carbocycles. The maximum atomic E-state index is 13.1. The van der Waals surface area contributed by atoms with Crippen molar-refractivity contribution in [1.82, 2.24) is 0 Å². The SMILES string of the molecule is COc1cc([C@H](CN)Oc2ccc(Nc3ccc(F)cc3)c(C=N)c2)ccc1SC. The second-order valence-corrected chi connectivity index (χ2v) is 7.33. The summed E-state index contributed by atoms with van der Waals surface area (Å²) in [6.07, 6.45) is 2.88. The fourth-order valence-corrected chi connectivity index (χ4v) is 3.55. The van der Waals surface area contributed by atoms with Crippen LogP contribution in [0.3, 0.4) is 0 Å². The first-order valence-electron chi connectivity index (χ1n) is 9.33. The molecular weight excluding hydrogens is 401 g/mol. The highest BCUT2D eigenvalue weighted by molar-refractivity contribution is 7.98. The summed E-state index contributed by atoms with van der Waals surface area (Å²) < 4.78 is 24.7. The number of ether oxygens (including phenoxy) is 2. The monoisotopic (exact) mass is 425 g/mol. The van der Waals surface area contributed by atoms with Crippen molar-refractivity contribution < 1.29 is 13.9 Å². The number of thioether (sulfide) groups is 1.